The number of hydrogen-bond acceptors (Lipinski definition) is 4. The summed E-state index contributed by atoms with van der Waals surface area (Å²) in [4.78, 5) is 4.34. The van der Waals surface area contributed by atoms with Gasteiger partial charge in [0.05, 0.1) is 17.2 Å². The fourth-order valence-corrected chi connectivity index (χ4v) is 2.95. The average molecular weight is 272 g/mol. The zero-order valence-corrected chi connectivity index (χ0v) is 11.7. The maximum Gasteiger partial charge on any atom is 0.0914 e. The van der Waals surface area contributed by atoms with Gasteiger partial charge < -0.3 is 15.2 Å². The minimum atomic E-state index is -0.325. The van der Waals surface area contributed by atoms with E-state index in [2.05, 4.69) is 23.2 Å². The Morgan fingerprint density at radius 3 is 2.85 bits per heavy atom. The van der Waals surface area contributed by atoms with E-state index in [1.807, 2.05) is 12.1 Å². The maximum absolute atomic E-state index is 6.51. The molecule has 0 aliphatic carbocycles. The molecular weight excluding hydrogens is 252 g/mol. The number of fused-ring (bicyclic) bond motifs is 1. The number of pyridine rings is 1. The van der Waals surface area contributed by atoms with Crippen LogP contribution in [0.15, 0.2) is 36.5 Å². The standard InChI is InChI=1S/C16H20N2O2/c1-19-16(6-9-20-10-7-16)15(17)13-4-5-14-12(11-13)3-2-8-18-14/h2-5,8,11,15H,6-7,9-10,17H2,1H3. The van der Waals surface area contributed by atoms with Crippen molar-refractivity contribution in [3.63, 3.8) is 0 Å². The fraction of sp³-hybridized carbons (Fsp3) is 0.438. The summed E-state index contributed by atoms with van der Waals surface area (Å²) < 4.78 is 11.2. The molecule has 0 saturated carbocycles. The second-order valence-electron chi connectivity index (χ2n) is 5.31. The van der Waals surface area contributed by atoms with Crippen LogP contribution in [0.5, 0.6) is 0 Å². The zero-order chi connectivity index (χ0) is 14.0. The predicted molar refractivity (Wildman–Crippen MR) is 78.5 cm³/mol. The lowest BCUT2D eigenvalue weighted by Crippen LogP contribution is -2.47. The lowest BCUT2D eigenvalue weighted by atomic mass is 9.82. The Morgan fingerprint density at radius 2 is 2.10 bits per heavy atom. The first-order valence-corrected chi connectivity index (χ1v) is 6.98. The van der Waals surface area contributed by atoms with Crippen LogP contribution in [-0.4, -0.2) is 30.9 Å². The molecule has 2 heterocycles. The zero-order valence-electron chi connectivity index (χ0n) is 11.7. The summed E-state index contributed by atoms with van der Waals surface area (Å²) in [6, 6.07) is 10.0. The Bertz CT molecular complexity index is 594. The average Bonchev–Trinajstić information content (AvgIpc) is 2.54. The fourth-order valence-electron chi connectivity index (χ4n) is 2.95. The number of benzene rings is 1. The first-order chi connectivity index (χ1) is 9.75. The Labute approximate surface area is 118 Å². The molecule has 1 aliphatic rings. The molecule has 20 heavy (non-hydrogen) atoms. The molecule has 106 valence electrons. The van der Waals surface area contributed by atoms with Gasteiger partial charge in [0, 0.05) is 44.7 Å². The molecule has 1 fully saturated rings. The Kier molecular flexibility index (Phi) is 3.70. The number of nitrogens with two attached hydrogens (primary N) is 1. The lowest BCUT2D eigenvalue weighted by molar-refractivity contribution is -0.105. The normalized spacial score (nSPS) is 19.9. The summed E-state index contributed by atoms with van der Waals surface area (Å²) in [5.74, 6) is 0. The van der Waals surface area contributed by atoms with Crippen molar-refractivity contribution in [1.82, 2.24) is 4.98 Å². The third-order valence-electron chi connectivity index (χ3n) is 4.30. The van der Waals surface area contributed by atoms with Crippen LogP contribution in [0.1, 0.15) is 24.4 Å². The Hall–Kier alpha value is -1.49. The molecule has 0 bridgehead atoms. The summed E-state index contributed by atoms with van der Waals surface area (Å²) in [5, 5.41) is 1.11. The minimum absolute atomic E-state index is 0.152. The van der Waals surface area contributed by atoms with Crippen LogP contribution in [0, 0.1) is 0 Å². The van der Waals surface area contributed by atoms with Crippen LogP contribution in [0.3, 0.4) is 0 Å². The number of nitrogens with zero attached hydrogens (tertiary/aromatic N) is 1. The lowest BCUT2D eigenvalue weighted by Gasteiger charge is -2.40. The molecule has 2 aromatic rings. The molecule has 1 aromatic heterocycles. The third kappa shape index (κ3) is 2.30. The second-order valence-corrected chi connectivity index (χ2v) is 5.31. The van der Waals surface area contributed by atoms with Gasteiger partial charge in [-0.15, -0.1) is 0 Å². The number of ether oxygens (including phenoxy) is 2. The molecule has 0 amide bonds. The van der Waals surface area contributed by atoms with Crippen molar-refractivity contribution in [2.24, 2.45) is 5.73 Å². The van der Waals surface area contributed by atoms with Crippen LogP contribution < -0.4 is 5.73 Å². The Morgan fingerprint density at radius 1 is 1.30 bits per heavy atom. The Balaban J connectivity index is 1.96. The van der Waals surface area contributed by atoms with Crippen LogP contribution in [0.2, 0.25) is 0 Å². The molecule has 4 heteroatoms. The van der Waals surface area contributed by atoms with E-state index in [1.165, 1.54) is 0 Å². The van der Waals surface area contributed by atoms with Crippen molar-refractivity contribution in [2.45, 2.75) is 24.5 Å². The van der Waals surface area contributed by atoms with E-state index in [1.54, 1.807) is 13.3 Å². The van der Waals surface area contributed by atoms with Gasteiger partial charge in [0.25, 0.3) is 0 Å². The summed E-state index contributed by atoms with van der Waals surface area (Å²) in [6.45, 7) is 1.41. The van der Waals surface area contributed by atoms with Crippen LogP contribution in [-0.2, 0) is 9.47 Å². The summed E-state index contributed by atoms with van der Waals surface area (Å²) in [6.07, 6.45) is 3.46. The first kappa shape index (κ1) is 13.5. The van der Waals surface area contributed by atoms with Gasteiger partial charge in [-0.25, -0.2) is 0 Å². The van der Waals surface area contributed by atoms with Crippen molar-refractivity contribution in [1.29, 1.82) is 0 Å². The van der Waals surface area contributed by atoms with Gasteiger partial charge in [-0.2, -0.15) is 0 Å². The van der Waals surface area contributed by atoms with E-state index in [0.717, 1.165) is 29.3 Å². The monoisotopic (exact) mass is 272 g/mol. The van der Waals surface area contributed by atoms with Crippen molar-refractivity contribution in [2.75, 3.05) is 20.3 Å². The molecule has 2 N–H and O–H groups in total. The smallest absolute Gasteiger partial charge is 0.0914 e. The number of methoxy groups -OCH3 is 1. The van der Waals surface area contributed by atoms with Gasteiger partial charge in [-0.3, -0.25) is 4.98 Å². The van der Waals surface area contributed by atoms with Crippen LogP contribution in [0.25, 0.3) is 10.9 Å². The van der Waals surface area contributed by atoms with Crippen molar-refractivity contribution in [3.8, 4) is 0 Å². The van der Waals surface area contributed by atoms with E-state index in [-0.39, 0.29) is 11.6 Å². The van der Waals surface area contributed by atoms with Crippen LogP contribution in [0.4, 0.5) is 0 Å². The van der Waals surface area contributed by atoms with Crippen molar-refractivity contribution < 1.29 is 9.47 Å². The molecule has 1 unspecified atom stereocenters. The molecule has 4 nitrogen and oxygen atoms in total. The van der Waals surface area contributed by atoms with Gasteiger partial charge in [0.2, 0.25) is 0 Å². The molecule has 0 radical (unpaired) electrons. The quantitative estimate of drug-likeness (QED) is 0.932. The highest BCUT2D eigenvalue weighted by Crippen LogP contribution is 2.36. The highest BCUT2D eigenvalue weighted by Gasteiger charge is 2.39. The highest BCUT2D eigenvalue weighted by molar-refractivity contribution is 5.79. The molecule has 3 rings (SSSR count). The van der Waals surface area contributed by atoms with E-state index in [0.29, 0.717) is 13.2 Å². The number of hydrogen-bond donors (Lipinski definition) is 1. The summed E-state index contributed by atoms with van der Waals surface area (Å²) >= 11 is 0. The van der Waals surface area contributed by atoms with Gasteiger partial charge in [-0.05, 0) is 23.8 Å². The van der Waals surface area contributed by atoms with E-state index in [4.69, 9.17) is 15.2 Å². The number of rotatable bonds is 3. The summed E-state index contributed by atoms with van der Waals surface area (Å²) in [5.41, 5.74) is 8.26. The maximum atomic E-state index is 6.51. The topological polar surface area (TPSA) is 57.4 Å². The van der Waals surface area contributed by atoms with Crippen LogP contribution >= 0.6 is 0 Å². The minimum Gasteiger partial charge on any atom is -0.381 e. The van der Waals surface area contributed by atoms with E-state index >= 15 is 0 Å². The largest absolute Gasteiger partial charge is 0.381 e. The molecule has 1 saturated heterocycles. The van der Waals surface area contributed by atoms with E-state index in [9.17, 15) is 0 Å². The molecule has 1 aliphatic heterocycles. The number of aromatic nitrogens is 1. The molecule has 1 atom stereocenters. The predicted octanol–water partition coefficient (Wildman–Crippen LogP) is 2.43. The van der Waals surface area contributed by atoms with Gasteiger partial charge in [-0.1, -0.05) is 12.1 Å². The first-order valence-electron chi connectivity index (χ1n) is 6.98. The molecule has 1 aromatic carbocycles. The molecule has 0 spiro atoms. The van der Waals surface area contributed by atoms with Crippen molar-refractivity contribution >= 4 is 10.9 Å². The van der Waals surface area contributed by atoms with Gasteiger partial charge in [0.15, 0.2) is 0 Å². The highest BCUT2D eigenvalue weighted by atomic mass is 16.5. The third-order valence-corrected chi connectivity index (χ3v) is 4.30. The van der Waals surface area contributed by atoms with Gasteiger partial charge in [0.1, 0.15) is 0 Å². The van der Waals surface area contributed by atoms with Crippen molar-refractivity contribution in [3.05, 3.63) is 42.1 Å². The SMILES string of the molecule is COC1(C(N)c2ccc3ncccc3c2)CCOCC1. The van der Waals surface area contributed by atoms with E-state index < -0.39 is 0 Å². The second kappa shape index (κ2) is 5.48. The summed E-state index contributed by atoms with van der Waals surface area (Å²) in [7, 11) is 1.74. The van der Waals surface area contributed by atoms with Gasteiger partial charge >= 0.3 is 0 Å². The molecular formula is C16H20N2O2.